The van der Waals surface area contributed by atoms with Crippen LogP contribution in [0.15, 0.2) is 29.2 Å². The molecule has 1 heterocycles. The third-order valence-electron chi connectivity index (χ3n) is 2.64. The summed E-state index contributed by atoms with van der Waals surface area (Å²) in [6, 6.07) is 5.03. The molecule has 0 amide bonds. The molecule has 0 aliphatic heterocycles. The van der Waals surface area contributed by atoms with Crippen molar-refractivity contribution in [2.45, 2.75) is 11.8 Å². The molecule has 1 aromatic heterocycles. The highest BCUT2D eigenvalue weighted by Crippen LogP contribution is 2.26. The molecule has 112 valence electrons. The Morgan fingerprint density at radius 2 is 2.10 bits per heavy atom. The minimum Gasteiger partial charge on any atom is -0.495 e. The Bertz CT molecular complexity index is 782. The number of carbonyl (C=O) groups is 1. The van der Waals surface area contributed by atoms with Crippen LogP contribution in [-0.4, -0.2) is 36.8 Å². The first kappa shape index (κ1) is 14.9. The minimum atomic E-state index is -3.94. The van der Waals surface area contributed by atoms with Gasteiger partial charge in [0.15, 0.2) is 5.82 Å². The summed E-state index contributed by atoms with van der Waals surface area (Å²) in [6.07, 6.45) is 0. The molecule has 0 unspecified atom stereocenters. The lowest BCUT2D eigenvalue weighted by molar-refractivity contribution is 0.0696. The van der Waals surface area contributed by atoms with E-state index in [1.807, 2.05) is 0 Å². The Morgan fingerprint density at radius 1 is 1.38 bits per heavy atom. The van der Waals surface area contributed by atoms with E-state index in [2.05, 4.69) is 14.9 Å². The van der Waals surface area contributed by atoms with Crippen molar-refractivity contribution in [1.29, 1.82) is 0 Å². The molecule has 3 N–H and O–H groups in total. The van der Waals surface area contributed by atoms with E-state index < -0.39 is 16.0 Å². The molecule has 0 aliphatic rings. The molecule has 2 aromatic rings. The zero-order valence-corrected chi connectivity index (χ0v) is 12.1. The van der Waals surface area contributed by atoms with Crippen molar-refractivity contribution in [3.63, 3.8) is 0 Å². The van der Waals surface area contributed by atoms with E-state index >= 15 is 0 Å². The van der Waals surface area contributed by atoms with Crippen LogP contribution in [0, 0.1) is 6.92 Å². The summed E-state index contributed by atoms with van der Waals surface area (Å²) in [6.45, 7) is 1.73. The van der Waals surface area contributed by atoms with Gasteiger partial charge in [-0.2, -0.15) is 5.10 Å². The third-order valence-corrected chi connectivity index (χ3v) is 4.04. The predicted octanol–water partition coefficient (Wildman–Crippen LogP) is 1.23. The molecule has 0 saturated heterocycles. The van der Waals surface area contributed by atoms with Crippen LogP contribution in [0.1, 0.15) is 16.1 Å². The molecule has 1 aromatic carbocycles. The van der Waals surface area contributed by atoms with Gasteiger partial charge in [0.2, 0.25) is 0 Å². The summed E-state index contributed by atoms with van der Waals surface area (Å²) >= 11 is 0. The standard InChI is InChI=1S/C12H13N3O5S/c1-7-5-11(14-13-7)15-21(18,19)10-4-3-8(12(16)17)6-9(10)20-2/h3-6H,1-2H3,(H,16,17)(H2,13,14,15). The van der Waals surface area contributed by atoms with E-state index in [1.54, 1.807) is 6.92 Å². The first-order valence-electron chi connectivity index (χ1n) is 5.79. The van der Waals surface area contributed by atoms with E-state index in [9.17, 15) is 13.2 Å². The van der Waals surface area contributed by atoms with Crippen LogP contribution in [0.5, 0.6) is 5.75 Å². The number of anilines is 1. The summed E-state index contributed by atoms with van der Waals surface area (Å²) in [5, 5.41) is 15.3. The topological polar surface area (TPSA) is 121 Å². The number of methoxy groups -OCH3 is 1. The zero-order valence-electron chi connectivity index (χ0n) is 11.2. The second-order valence-corrected chi connectivity index (χ2v) is 5.86. The number of sulfonamides is 1. The molecule has 21 heavy (non-hydrogen) atoms. The monoisotopic (exact) mass is 311 g/mol. The molecule has 0 bridgehead atoms. The lowest BCUT2D eigenvalue weighted by atomic mass is 10.2. The first-order valence-corrected chi connectivity index (χ1v) is 7.28. The maximum absolute atomic E-state index is 12.3. The van der Waals surface area contributed by atoms with Crippen LogP contribution < -0.4 is 9.46 Å². The van der Waals surface area contributed by atoms with Gasteiger partial charge in [0.25, 0.3) is 10.0 Å². The van der Waals surface area contributed by atoms with Crippen molar-refractivity contribution < 1.29 is 23.1 Å². The van der Waals surface area contributed by atoms with Gasteiger partial charge in [-0.3, -0.25) is 9.82 Å². The quantitative estimate of drug-likeness (QED) is 0.763. The van der Waals surface area contributed by atoms with Gasteiger partial charge < -0.3 is 9.84 Å². The Balaban J connectivity index is 2.42. The number of hydrogen-bond acceptors (Lipinski definition) is 5. The SMILES string of the molecule is COc1cc(C(=O)O)ccc1S(=O)(=O)Nc1cc(C)[nH]n1. The predicted molar refractivity (Wildman–Crippen MR) is 74.1 cm³/mol. The number of carboxylic acid groups (broad SMARTS) is 1. The number of nitrogens with zero attached hydrogens (tertiary/aromatic N) is 1. The van der Waals surface area contributed by atoms with Crippen LogP contribution in [0.2, 0.25) is 0 Å². The van der Waals surface area contributed by atoms with Gasteiger partial charge in [-0.1, -0.05) is 0 Å². The number of hydrogen-bond donors (Lipinski definition) is 3. The number of nitrogens with one attached hydrogen (secondary N) is 2. The van der Waals surface area contributed by atoms with Gasteiger partial charge in [0.1, 0.15) is 10.6 Å². The van der Waals surface area contributed by atoms with Crippen molar-refractivity contribution in [2.75, 3.05) is 11.8 Å². The normalized spacial score (nSPS) is 11.1. The van der Waals surface area contributed by atoms with E-state index in [4.69, 9.17) is 9.84 Å². The highest BCUT2D eigenvalue weighted by atomic mass is 32.2. The molecule has 0 atom stereocenters. The molecular weight excluding hydrogens is 298 g/mol. The van der Waals surface area contributed by atoms with Crippen molar-refractivity contribution in [2.24, 2.45) is 0 Å². The molecule has 0 saturated carbocycles. The fourth-order valence-corrected chi connectivity index (χ4v) is 2.83. The summed E-state index contributed by atoms with van der Waals surface area (Å²) in [7, 11) is -2.67. The average molecular weight is 311 g/mol. The molecule has 0 aliphatic carbocycles. The van der Waals surface area contributed by atoms with Crippen LogP contribution in [0.4, 0.5) is 5.82 Å². The lowest BCUT2D eigenvalue weighted by Gasteiger charge is -2.10. The maximum atomic E-state index is 12.3. The number of aromatic nitrogens is 2. The van der Waals surface area contributed by atoms with Gasteiger partial charge in [0, 0.05) is 11.8 Å². The van der Waals surface area contributed by atoms with Crippen molar-refractivity contribution in [1.82, 2.24) is 10.2 Å². The number of aromatic amines is 1. The number of aryl methyl sites for hydroxylation is 1. The fourth-order valence-electron chi connectivity index (χ4n) is 1.69. The average Bonchev–Trinajstić information content (AvgIpc) is 2.82. The van der Waals surface area contributed by atoms with E-state index in [0.29, 0.717) is 5.69 Å². The van der Waals surface area contributed by atoms with Gasteiger partial charge in [-0.15, -0.1) is 0 Å². The Labute approximate surface area is 120 Å². The van der Waals surface area contributed by atoms with Crippen molar-refractivity contribution in [3.8, 4) is 5.75 Å². The summed E-state index contributed by atoms with van der Waals surface area (Å²) in [4.78, 5) is 10.7. The van der Waals surface area contributed by atoms with Crippen LogP contribution in [-0.2, 0) is 10.0 Å². The number of H-pyrrole nitrogens is 1. The van der Waals surface area contributed by atoms with Gasteiger partial charge >= 0.3 is 5.97 Å². The largest absolute Gasteiger partial charge is 0.495 e. The first-order chi connectivity index (χ1) is 9.83. The van der Waals surface area contributed by atoms with Crippen LogP contribution in [0.3, 0.4) is 0 Å². The highest BCUT2D eigenvalue weighted by Gasteiger charge is 2.22. The van der Waals surface area contributed by atoms with E-state index in [0.717, 1.165) is 6.07 Å². The van der Waals surface area contributed by atoms with Gasteiger partial charge in [-0.05, 0) is 25.1 Å². The van der Waals surface area contributed by atoms with Crippen molar-refractivity contribution >= 4 is 21.8 Å². The fraction of sp³-hybridized carbons (Fsp3) is 0.167. The smallest absolute Gasteiger partial charge is 0.335 e. The summed E-state index contributed by atoms with van der Waals surface area (Å²) in [5.41, 5.74) is 0.627. The number of aromatic carboxylic acids is 1. The number of ether oxygens (including phenoxy) is 1. The Hall–Kier alpha value is -2.55. The second kappa shape index (κ2) is 5.44. The number of carboxylic acids is 1. The summed E-state index contributed by atoms with van der Waals surface area (Å²) < 4.78 is 31.8. The van der Waals surface area contributed by atoms with Crippen LogP contribution >= 0.6 is 0 Å². The zero-order chi connectivity index (χ0) is 15.6. The highest BCUT2D eigenvalue weighted by molar-refractivity contribution is 7.92. The van der Waals surface area contributed by atoms with Crippen LogP contribution in [0.25, 0.3) is 0 Å². The minimum absolute atomic E-state index is 0.0605. The second-order valence-electron chi connectivity index (χ2n) is 4.21. The lowest BCUT2D eigenvalue weighted by Crippen LogP contribution is -2.15. The number of rotatable bonds is 5. The summed E-state index contributed by atoms with van der Waals surface area (Å²) in [5.74, 6) is -1.10. The van der Waals surface area contributed by atoms with E-state index in [1.165, 1.54) is 25.3 Å². The number of benzene rings is 1. The Kier molecular flexibility index (Phi) is 3.85. The Morgan fingerprint density at radius 3 is 2.62 bits per heavy atom. The van der Waals surface area contributed by atoms with E-state index in [-0.39, 0.29) is 22.0 Å². The molecule has 2 rings (SSSR count). The molecule has 0 spiro atoms. The third kappa shape index (κ3) is 3.14. The molecule has 0 fully saturated rings. The molecular formula is C12H13N3O5S. The molecule has 0 radical (unpaired) electrons. The molecule has 9 heteroatoms. The van der Waals surface area contributed by atoms with Crippen molar-refractivity contribution in [3.05, 3.63) is 35.5 Å². The van der Waals surface area contributed by atoms with Gasteiger partial charge in [0.05, 0.1) is 12.7 Å². The van der Waals surface area contributed by atoms with Gasteiger partial charge in [-0.25, -0.2) is 13.2 Å². The molecule has 8 nitrogen and oxygen atoms in total. The maximum Gasteiger partial charge on any atom is 0.335 e.